The van der Waals surface area contributed by atoms with E-state index < -0.39 is 0 Å². The van der Waals surface area contributed by atoms with Gasteiger partial charge < -0.3 is 15.5 Å². The topological polar surface area (TPSA) is 79.5 Å². The van der Waals surface area contributed by atoms with Gasteiger partial charge >= 0.3 is 0 Å². The number of carbonyl (C=O) groups excluding carboxylic acids is 2. The summed E-state index contributed by atoms with van der Waals surface area (Å²) in [5, 5.41) is 0. The zero-order valence-corrected chi connectivity index (χ0v) is 12.7. The molecule has 2 N–H and O–H groups in total. The number of hydrogen-bond donors (Lipinski definition) is 1. The van der Waals surface area contributed by atoms with Crippen LogP contribution in [0, 0.1) is 5.92 Å². The number of aromatic nitrogens is 1. The zero-order chi connectivity index (χ0) is 15.5. The van der Waals surface area contributed by atoms with Crippen LogP contribution in [-0.4, -0.2) is 47.9 Å². The fourth-order valence-corrected chi connectivity index (χ4v) is 3.19. The second-order valence-electron chi connectivity index (χ2n) is 6.04. The van der Waals surface area contributed by atoms with E-state index in [1.54, 1.807) is 11.0 Å². The van der Waals surface area contributed by atoms with E-state index in [-0.39, 0.29) is 17.7 Å². The molecule has 2 aliphatic heterocycles. The fraction of sp³-hybridized carbons (Fsp3) is 0.562. The molecule has 0 aliphatic carbocycles. The minimum absolute atomic E-state index is 0.0519. The number of piperidine rings is 1. The molecule has 0 saturated carbocycles. The number of rotatable bonds is 3. The van der Waals surface area contributed by atoms with Crippen LogP contribution in [0.2, 0.25) is 0 Å². The van der Waals surface area contributed by atoms with E-state index in [0.29, 0.717) is 31.6 Å². The zero-order valence-electron chi connectivity index (χ0n) is 12.7. The van der Waals surface area contributed by atoms with Gasteiger partial charge in [0.05, 0.1) is 0 Å². The molecule has 1 aromatic rings. The van der Waals surface area contributed by atoms with E-state index in [1.807, 2.05) is 12.1 Å². The van der Waals surface area contributed by atoms with Crippen molar-refractivity contribution in [3.8, 4) is 0 Å². The maximum absolute atomic E-state index is 12.6. The molecule has 0 bridgehead atoms. The molecule has 1 aromatic heterocycles. The van der Waals surface area contributed by atoms with Gasteiger partial charge in [0.2, 0.25) is 5.91 Å². The van der Waals surface area contributed by atoms with Crippen LogP contribution >= 0.6 is 0 Å². The average Bonchev–Trinajstić information content (AvgIpc) is 3.09. The third-order valence-corrected chi connectivity index (χ3v) is 4.57. The van der Waals surface area contributed by atoms with Crippen LogP contribution in [0.15, 0.2) is 18.2 Å². The van der Waals surface area contributed by atoms with E-state index in [1.165, 1.54) is 12.8 Å². The van der Waals surface area contributed by atoms with Crippen molar-refractivity contribution in [2.45, 2.75) is 25.7 Å². The van der Waals surface area contributed by atoms with Gasteiger partial charge in [0.1, 0.15) is 11.5 Å². The Labute approximate surface area is 130 Å². The molecule has 6 nitrogen and oxygen atoms in total. The van der Waals surface area contributed by atoms with Crippen molar-refractivity contribution in [2.24, 2.45) is 11.7 Å². The monoisotopic (exact) mass is 302 g/mol. The standard InChI is InChI=1S/C16H22N4O2/c17-15(21)12-6-10-20(11-7-12)16(22)13-4-3-5-14(18-13)19-8-1-2-9-19/h3-5,12H,1-2,6-11H2,(H2,17,21). The maximum Gasteiger partial charge on any atom is 0.272 e. The number of nitrogens with two attached hydrogens (primary N) is 1. The molecule has 0 atom stereocenters. The first kappa shape index (κ1) is 14.8. The molecule has 22 heavy (non-hydrogen) atoms. The molecule has 2 saturated heterocycles. The summed E-state index contributed by atoms with van der Waals surface area (Å²) in [6, 6.07) is 5.62. The molecular formula is C16H22N4O2. The van der Waals surface area contributed by atoms with E-state index >= 15 is 0 Å². The molecule has 3 rings (SSSR count). The second-order valence-corrected chi connectivity index (χ2v) is 6.04. The van der Waals surface area contributed by atoms with Gasteiger partial charge in [-0.15, -0.1) is 0 Å². The smallest absolute Gasteiger partial charge is 0.272 e. The maximum atomic E-state index is 12.6. The third-order valence-electron chi connectivity index (χ3n) is 4.57. The Balaban J connectivity index is 1.67. The lowest BCUT2D eigenvalue weighted by Crippen LogP contribution is -2.42. The fourth-order valence-electron chi connectivity index (χ4n) is 3.19. The van der Waals surface area contributed by atoms with Crippen molar-refractivity contribution in [2.75, 3.05) is 31.1 Å². The van der Waals surface area contributed by atoms with E-state index in [4.69, 9.17) is 5.73 Å². The van der Waals surface area contributed by atoms with Crippen LogP contribution in [0.1, 0.15) is 36.2 Å². The van der Waals surface area contributed by atoms with Crippen LogP contribution in [0.3, 0.4) is 0 Å². The Hall–Kier alpha value is -2.11. The molecule has 6 heteroatoms. The normalized spacial score (nSPS) is 19.5. The number of carbonyl (C=O) groups is 2. The van der Waals surface area contributed by atoms with Crippen molar-refractivity contribution < 1.29 is 9.59 Å². The van der Waals surface area contributed by atoms with Gasteiger partial charge in [0.25, 0.3) is 5.91 Å². The molecule has 0 unspecified atom stereocenters. The summed E-state index contributed by atoms with van der Waals surface area (Å²) in [6.45, 7) is 3.16. The summed E-state index contributed by atoms with van der Waals surface area (Å²) in [4.78, 5) is 32.3. The molecule has 2 amide bonds. The SMILES string of the molecule is NC(=O)C1CCN(C(=O)c2cccc(N3CCCC3)n2)CC1. The van der Waals surface area contributed by atoms with Gasteiger partial charge in [0.15, 0.2) is 0 Å². The quantitative estimate of drug-likeness (QED) is 0.904. The Kier molecular flexibility index (Phi) is 4.27. The average molecular weight is 302 g/mol. The number of nitrogens with zero attached hydrogens (tertiary/aromatic N) is 3. The molecule has 0 spiro atoms. The highest BCUT2D eigenvalue weighted by molar-refractivity contribution is 5.93. The first-order valence-electron chi connectivity index (χ1n) is 7.96. The van der Waals surface area contributed by atoms with Crippen LogP contribution in [0.25, 0.3) is 0 Å². The number of pyridine rings is 1. The minimum atomic E-state index is -0.263. The highest BCUT2D eigenvalue weighted by atomic mass is 16.2. The Morgan fingerprint density at radius 2 is 1.77 bits per heavy atom. The number of hydrogen-bond acceptors (Lipinski definition) is 4. The van der Waals surface area contributed by atoms with Crippen molar-refractivity contribution in [1.29, 1.82) is 0 Å². The largest absolute Gasteiger partial charge is 0.369 e. The summed E-state index contributed by atoms with van der Waals surface area (Å²) in [6.07, 6.45) is 3.65. The van der Waals surface area contributed by atoms with Gasteiger partial charge in [-0.3, -0.25) is 9.59 Å². The molecule has 2 aliphatic rings. The van der Waals surface area contributed by atoms with Crippen LogP contribution in [0.4, 0.5) is 5.82 Å². The highest BCUT2D eigenvalue weighted by Crippen LogP contribution is 2.21. The molecule has 3 heterocycles. The number of amides is 2. The molecule has 0 aromatic carbocycles. The first-order chi connectivity index (χ1) is 10.6. The van der Waals surface area contributed by atoms with Gasteiger partial charge in [-0.1, -0.05) is 6.07 Å². The number of anilines is 1. The molecular weight excluding hydrogens is 280 g/mol. The van der Waals surface area contributed by atoms with Crippen LogP contribution < -0.4 is 10.6 Å². The Bertz CT molecular complexity index is 561. The van der Waals surface area contributed by atoms with Crippen molar-refractivity contribution in [3.63, 3.8) is 0 Å². The van der Waals surface area contributed by atoms with E-state index in [9.17, 15) is 9.59 Å². The Morgan fingerprint density at radius 1 is 1.09 bits per heavy atom. The van der Waals surface area contributed by atoms with Crippen molar-refractivity contribution in [1.82, 2.24) is 9.88 Å². The van der Waals surface area contributed by atoms with Crippen LogP contribution in [0.5, 0.6) is 0 Å². The molecule has 2 fully saturated rings. The highest BCUT2D eigenvalue weighted by Gasteiger charge is 2.27. The lowest BCUT2D eigenvalue weighted by atomic mass is 9.96. The summed E-state index contributed by atoms with van der Waals surface area (Å²) in [7, 11) is 0. The Morgan fingerprint density at radius 3 is 2.41 bits per heavy atom. The minimum Gasteiger partial charge on any atom is -0.369 e. The third kappa shape index (κ3) is 3.05. The molecule has 118 valence electrons. The van der Waals surface area contributed by atoms with E-state index in [2.05, 4.69) is 9.88 Å². The number of likely N-dealkylation sites (tertiary alicyclic amines) is 1. The predicted molar refractivity (Wildman–Crippen MR) is 83.5 cm³/mol. The van der Waals surface area contributed by atoms with Gasteiger partial charge in [-0.2, -0.15) is 0 Å². The summed E-state index contributed by atoms with van der Waals surface area (Å²) in [5.41, 5.74) is 5.82. The second kappa shape index (κ2) is 6.34. The predicted octanol–water partition coefficient (Wildman–Crippen LogP) is 1.02. The summed E-state index contributed by atoms with van der Waals surface area (Å²) < 4.78 is 0. The van der Waals surface area contributed by atoms with Crippen molar-refractivity contribution >= 4 is 17.6 Å². The van der Waals surface area contributed by atoms with Crippen LogP contribution in [-0.2, 0) is 4.79 Å². The van der Waals surface area contributed by atoms with Gasteiger partial charge in [0, 0.05) is 32.1 Å². The summed E-state index contributed by atoms with van der Waals surface area (Å²) in [5.74, 6) is 0.466. The van der Waals surface area contributed by atoms with Gasteiger partial charge in [-0.25, -0.2) is 4.98 Å². The number of primary amides is 1. The lowest BCUT2D eigenvalue weighted by molar-refractivity contribution is -0.123. The van der Waals surface area contributed by atoms with Gasteiger partial charge in [-0.05, 0) is 37.8 Å². The molecule has 0 radical (unpaired) electrons. The van der Waals surface area contributed by atoms with Crippen molar-refractivity contribution in [3.05, 3.63) is 23.9 Å². The lowest BCUT2D eigenvalue weighted by Gasteiger charge is -2.30. The van der Waals surface area contributed by atoms with E-state index in [0.717, 1.165) is 18.9 Å². The first-order valence-corrected chi connectivity index (χ1v) is 7.96. The summed E-state index contributed by atoms with van der Waals surface area (Å²) >= 11 is 0.